The van der Waals surface area contributed by atoms with E-state index in [9.17, 15) is 15.3 Å². The van der Waals surface area contributed by atoms with Crippen LogP contribution in [-0.2, 0) is 4.74 Å². The monoisotopic (exact) mass is 256 g/mol. The Hall–Kier alpha value is -2.62. The first-order valence-electron chi connectivity index (χ1n) is 5.84. The molecule has 3 N–H and O–H groups in total. The van der Waals surface area contributed by atoms with Gasteiger partial charge in [-0.1, -0.05) is 30.3 Å². The van der Waals surface area contributed by atoms with Gasteiger partial charge in [0.2, 0.25) is 0 Å². The molecule has 0 radical (unpaired) electrons. The summed E-state index contributed by atoms with van der Waals surface area (Å²) in [5.41, 5.74) is 1.16. The molecule has 0 amide bonds. The van der Waals surface area contributed by atoms with Gasteiger partial charge in [-0.05, 0) is 6.08 Å². The van der Waals surface area contributed by atoms with Crippen LogP contribution in [0.1, 0.15) is 5.56 Å². The lowest BCUT2D eigenvalue weighted by Crippen LogP contribution is -2.22. The topological polar surface area (TPSA) is 69.9 Å². The molecule has 1 aliphatic heterocycles. The van der Waals surface area contributed by atoms with Gasteiger partial charge < -0.3 is 20.1 Å². The molecule has 0 bridgehead atoms. The SMILES string of the molecule is OC1=CC2OC(c3ccccc3)=C(O)C=C2C(O)=C1. The number of aliphatic hydroxyl groups excluding tert-OH is 3. The molecule has 1 aromatic rings. The van der Waals surface area contributed by atoms with Crippen molar-refractivity contribution in [3.63, 3.8) is 0 Å². The number of ether oxygens (including phenoxy) is 1. The van der Waals surface area contributed by atoms with E-state index in [-0.39, 0.29) is 17.3 Å². The van der Waals surface area contributed by atoms with Crippen molar-refractivity contribution in [2.75, 3.05) is 0 Å². The highest BCUT2D eigenvalue weighted by atomic mass is 16.5. The summed E-state index contributed by atoms with van der Waals surface area (Å²) in [4.78, 5) is 0. The predicted molar refractivity (Wildman–Crippen MR) is 70.4 cm³/mol. The van der Waals surface area contributed by atoms with E-state index in [0.717, 1.165) is 5.56 Å². The van der Waals surface area contributed by atoms with E-state index in [1.165, 1.54) is 18.2 Å². The van der Waals surface area contributed by atoms with E-state index in [1.807, 2.05) is 30.3 Å². The fraction of sp³-hybridized carbons (Fsp3) is 0.0667. The molecule has 19 heavy (non-hydrogen) atoms. The lowest BCUT2D eigenvalue weighted by atomic mass is 9.97. The molecular weight excluding hydrogens is 244 g/mol. The number of aliphatic hydroxyl groups is 3. The third-order valence-electron chi connectivity index (χ3n) is 3.01. The Bertz CT molecular complexity index is 635. The molecular formula is C15H12O4. The molecule has 2 aliphatic rings. The number of allylic oxidation sites excluding steroid dienone is 2. The fourth-order valence-corrected chi connectivity index (χ4v) is 2.12. The molecule has 0 fully saturated rings. The van der Waals surface area contributed by atoms with Crippen molar-refractivity contribution in [2.45, 2.75) is 6.10 Å². The number of benzene rings is 1. The molecule has 4 heteroatoms. The predicted octanol–water partition coefficient (Wildman–Crippen LogP) is 3.14. The first kappa shape index (κ1) is 11.5. The summed E-state index contributed by atoms with van der Waals surface area (Å²) in [5.74, 6) is 0.109. The van der Waals surface area contributed by atoms with Gasteiger partial charge in [0, 0.05) is 23.3 Å². The maximum absolute atomic E-state index is 10.0. The van der Waals surface area contributed by atoms with Crippen molar-refractivity contribution in [1.82, 2.24) is 0 Å². The molecule has 3 rings (SSSR count). The standard InChI is InChI=1S/C15H12O4/c16-10-6-12(17)11-8-13(18)15(19-14(11)7-10)9-4-2-1-3-5-9/h1-8,14,16-18H. The summed E-state index contributed by atoms with van der Waals surface area (Å²) >= 11 is 0. The quantitative estimate of drug-likeness (QED) is 0.722. The minimum absolute atomic E-state index is 0.0489. The van der Waals surface area contributed by atoms with Crippen molar-refractivity contribution in [1.29, 1.82) is 0 Å². The fourth-order valence-electron chi connectivity index (χ4n) is 2.12. The van der Waals surface area contributed by atoms with Gasteiger partial charge in [0.25, 0.3) is 0 Å². The third-order valence-corrected chi connectivity index (χ3v) is 3.01. The highest BCUT2D eigenvalue weighted by molar-refractivity contribution is 5.67. The molecule has 1 atom stereocenters. The van der Waals surface area contributed by atoms with Crippen molar-refractivity contribution in [3.8, 4) is 0 Å². The third kappa shape index (κ3) is 1.97. The maximum Gasteiger partial charge on any atom is 0.169 e. The van der Waals surface area contributed by atoms with Crippen LogP contribution in [0.15, 0.2) is 71.4 Å². The van der Waals surface area contributed by atoms with Crippen molar-refractivity contribution >= 4 is 5.76 Å². The Labute approximate surface area is 109 Å². The van der Waals surface area contributed by atoms with Gasteiger partial charge in [-0.25, -0.2) is 0 Å². The van der Waals surface area contributed by atoms with Crippen LogP contribution in [0.5, 0.6) is 0 Å². The summed E-state index contributed by atoms with van der Waals surface area (Å²) in [7, 11) is 0. The molecule has 1 heterocycles. The zero-order valence-electron chi connectivity index (χ0n) is 9.95. The maximum atomic E-state index is 10.0. The molecule has 0 saturated heterocycles. The highest BCUT2D eigenvalue weighted by Crippen LogP contribution is 2.34. The summed E-state index contributed by atoms with van der Waals surface area (Å²) in [5, 5.41) is 29.2. The average Bonchev–Trinajstić information content (AvgIpc) is 2.40. The smallest absolute Gasteiger partial charge is 0.169 e. The normalized spacial score (nSPS) is 21.9. The van der Waals surface area contributed by atoms with Crippen LogP contribution in [-0.4, -0.2) is 21.4 Å². The zero-order chi connectivity index (χ0) is 13.4. The number of rotatable bonds is 1. The minimum atomic E-state index is -0.601. The molecule has 0 aromatic heterocycles. The molecule has 0 spiro atoms. The first-order chi connectivity index (χ1) is 9.15. The number of hydrogen-bond acceptors (Lipinski definition) is 4. The summed E-state index contributed by atoms with van der Waals surface area (Å²) in [6, 6.07) is 9.17. The lowest BCUT2D eigenvalue weighted by molar-refractivity contribution is 0.206. The van der Waals surface area contributed by atoms with Crippen LogP contribution in [0.25, 0.3) is 5.76 Å². The number of hydrogen-bond donors (Lipinski definition) is 3. The Morgan fingerprint density at radius 3 is 2.42 bits per heavy atom. The van der Waals surface area contributed by atoms with Gasteiger partial charge in [0.05, 0.1) is 0 Å². The van der Waals surface area contributed by atoms with E-state index in [0.29, 0.717) is 11.3 Å². The molecule has 1 aromatic carbocycles. The van der Waals surface area contributed by atoms with Crippen molar-refractivity contribution < 1.29 is 20.1 Å². The average molecular weight is 256 g/mol. The van der Waals surface area contributed by atoms with Crippen molar-refractivity contribution in [3.05, 3.63) is 77.0 Å². The van der Waals surface area contributed by atoms with Crippen LogP contribution in [0.3, 0.4) is 0 Å². The zero-order valence-corrected chi connectivity index (χ0v) is 9.95. The van der Waals surface area contributed by atoms with Gasteiger partial charge in [-0.3, -0.25) is 0 Å². The van der Waals surface area contributed by atoms with Gasteiger partial charge in [-0.15, -0.1) is 0 Å². The van der Waals surface area contributed by atoms with Gasteiger partial charge in [-0.2, -0.15) is 0 Å². The summed E-state index contributed by atoms with van der Waals surface area (Å²) in [6.45, 7) is 0. The second-order valence-corrected chi connectivity index (χ2v) is 4.34. The molecule has 0 saturated carbocycles. The number of fused-ring (bicyclic) bond motifs is 1. The van der Waals surface area contributed by atoms with E-state index >= 15 is 0 Å². The van der Waals surface area contributed by atoms with Crippen LogP contribution in [0, 0.1) is 0 Å². The Kier molecular flexibility index (Phi) is 2.56. The van der Waals surface area contributed by atoms with Crippen LogP contribution in [0.4, 0.5) is 0 Å². The van der Waals surface area contributed by atoms with E-state index < -0.39 is 6.10 Å². The molecule has 96 valence electrons. The second kappa shape index (κ2) is 4.24. The van der Waals surface area contributed by atoms with E-state index in [2.05, 4.69) is 0 Å². The second-order valence-electron chi connectivity index (χ2n) is 4.34. The van der Waals surface area contributed by atoms with Gasteiger partial charge >= 0.3 is 0 Å². The summed E-state index contributed by atoms with van der Waals surface area (Å²) < 4.78 is 5.65. The van der Waals surface area contributed by atoms with Crippen molar-refractivity contribution in [2.24, 2.45) is 0 Å². The molecule has 1 aliphatic carbocycles. The Morgan fingerprint density at radius 2 is 1.68 bits per heavy atom. The minimum Gasteiger partial charge on any atom is -0.508 e. The van der Waals surface area contributed by atoms with Gasteiger partial charge in [0.1, 0.15) is 17.6 Å². The molecule has 4 nitrogen and oxygen atoms in total. The lowest BCUT2D eigenvalue weighted by Gasteiger charge is -2.27. The Morgan fingerprint density at radius 1 is 0.947 bits per heavy atom. The Balaban J connectivity index is 2.06. The van der Waals surface area contributed by atoms with Crippen LogP contribution in [0.2, 0.25) is 0 Å². The van der Waals surface area contributed by atoms with E-state index in [1.54, 1.807) is 0 Å². The highest BCUT2D eigenvalue weighted by Gasteiger charge is 2.29. The van der Waals surface area contributed by atoms with Gasteiger partial charge in [0.15, 0.2) is 11.5 Å². The van der Waals surface area contributed by atoms with Crippen LogP contribution >= 0.6 is 0 Å². The molecule has 1 unspecified atom stereocenters. The largest absolute Gasteiger partial charge is 0.508 e. The van der Waals surface area contributed by atoms with E-state index in [4.69, 9.17) is 4.74 Å². The summed E-state index contributed by atoms with van der Waals surface area (Å²) in [6.07, 6.45) is 3.54. The first-order valence-corrected chi connectivity index (χ1v) is 5.84. The van der Waals surface area contributed by atoms with Crippen LogP contribution < -0.4 is 0 Å².